The highest BCUT2D eigenvalue weighted by atomic mass is 16.6. The van der Waals surface area contributed by atoms with E-state index >= 15 is 0 Å². The molecule has 0 radical (unpaired) electrons. The summed E-state index contributed by atoms with van der Waals surface area (Å²) in [6, 6.07) is 17.0. The van der Waals surface area contributed by atoms with Crippen LogP contribution in [0.3, 0.4) is 0 Å². The normalized spacial score (nSPS) is 19.1. The van der Waals surface area contributed by atoms with Crippen LogP contribution in [-0.2, 0) is 0 Å². The highest BCUT2D eigenvalue weighted by Gasteiger charge is 2.26. The number of fused-ring (bicyclic) bond motifs is 2. The average molecular weight is 653 g/mol. The Kier molecular flexibility index (Phi) is 9.99. The zero-order valence-corrected chi connectivity index (χ0v) is 27.8. The van der Waals surface area contributed by atoms with Gasteiger partial charge in [-0.05, 0) is 61.4 Å². The molecule has 252 valence electrons. The van der Waals surface area contributed by atoms with Gasteiger partial charge in [-0.2, -0.15) is 0 Å². The maximum Gasteiger partial charge on any atom is 0.225 e. The second-order valence-corrected chi connectivity index (χ2v) is 12.3. The van der Waals surface area contributed by atoms with Crippen molar-refractivity contribution in [1.29, 1.82) is 0 Å². The van der Waals surface area contributed by atoms with Crippen LogP contribution in [0, 0.1) is 0 Å². The molecule has 2 aromatic carbocycles. The van der Waals surface area contributed by atoms with Crippen molar-refractivity contribution in [2.75, 3.05) is 88.6 Å². The SMILES string of the molecule is C[C@@H](c1ccc2c(c1)OCCO2)N1CCN(c2ncccn2)CC1.C[C@H](c1ccc2c(c1)OCCO2)N1CCN(c2ncccn2)CC1. The van der Waals surface area contributed by atoms with Crippen molar-refractivity contribution in [3.8, 4) is 23.0 Å². The molecule has 0 saturated carbocycles. The van der Waals surface area contributed by atoms with Crippen LogP contribution in [0.1, 0.15) is 37.1 Å². The maximum atomic E-state index is 5.71. The van der Waals surface area contributed by atoms with Crippen molar-refractivity contribution in [2.24, 2.45) is 0 Å². The van der Waals surface area contributed by atoms with E-state index in [0.29, 0.717) is 38.5 Å². The minimum absolute atomic E-state index is 0.347. The number of aromatic nitrogens is 4. The molecule has 0 amide bonds. The van der Waals surface area contributed by atoms with Crippen LogP contribution in [0.25, 0.3) is 0 Å². The predicted molar refractivity (Wildman–Crippen MR) is 183 cm³/mol. The summed E-state index contributed by atoms with van der Waals surface area (Å²) in [5, 5.41) is 0. The van der Waals surface area contributed by atoms with Crippen LogP contribution in [0.5, 0.6) is 23.0 Å². The Labute approximate surface area is 282 Å². The fourth-order valence-electron chi connectivity index (χ4n) is 6.59. The predicted octanol–water partition coefficient (Wildman–Crippen LogP) is 4.26. The molecule has 12 nitrogen and oxygen atoms in total. The van der Waals surface area contributed by atoms with E-state index in [0.717, 1.165) is 87.3 Å². The van der Waals surface area contributed by atoms with Gasteiger partial charge in [-0.1, -0.05) is 12.1 Å². The van der Waals surface area contributed by atoms with E-state index in [9.17, 15) is 0 Å². The van der Waals surface area contributed by atoms with Gasteiger partial charge >= 0.3 is 0 Å². The molecule has 2 atom stereocenters. The topological polar surface area (TPSA) is 101 Å². The molecule has 2 fully saturated rings. The van der Waals surface area contributed by atoms with Gasteiger partial charge in [0.1, 0.15) is 26.4 Å². The largest absolute Gasteiger partial charge is 0.486 e. The minimum atomic E-state index is 0.347. The summed E-state index contributed by atoms with van der Waals surface area (Å²) in [5.41, 5.74) is 2.53. The van der Waals surface area contributed by atoms with Crippen LogP contribution >= 0.6 is 0 Å². The Hall–Kier alpha value is -4.68. The molecule has 48 heavy (non-hydrogen) atoms. The van der Waals surface area contributed by atoms with E-state index in [2.05, 4.69) is 77.6 Å². The summed E-state index contributed by atoms with van der Waals surface area (Å²) in [6.07, 6.45) is 7.19. The fourth-order valence-corrected chi connectivity index (χ4v) is 6.59. The molecule has 12 heteroatoms. The molecule has 4 aromatic rings. The van der Waals surface area contributed by atoms with Crippen LogP contribution in [-0.4, -0.2) is 109 Å². The van der Waals surface area contributed by atoms with Crippen LogP contribution in [0.2, 0.25) is 0 Å². The summed E-state index contributed by atoms with van der Waals surface area (Å²) in [5.74, 6) is 5.07. The third-order valence-electron chi connectivity index (χ3n) is 9.49. The van der Waals surface area contributed by atoms with Gasteiger partial charge in [0.15, 0.2) is 23.0 Å². The average Bonchev–Trinajstić information content (AvgIpc) is 3.18. The second kappa shape index (κ2) is 15.0. The van der Waals surface area contributed by atoms with E-state index in [1.165, 1.54) is 11.1 Å². The van der Waals surface area contributed by atoms with Gasteiger partial charge in [0, 0.05) is 89.2 Å². The third kappa shape index (κ3) is 7.39. The molecule has 6 heterocycles. The van der Waals surface area contributed by atoms with E-state index in [-0.39, 0.29) is 0 Å². The second-order valence-electron chi connectivity index (χ2n) is 12.3. The molecule has 0 bridgehead atoms. The summed E-state index contributed by atoms with van der Waals surface area (Å²) in [4.78, 5) is 26.8. The zero-order chi connectivity index (χ0) is 32.7. The number of hydrogen-bond donors (Lipinski definition) is 0. The Morgan fingerprint density at radius 1 is 0.479 bits per heavy atom. The van der Waals surface area contributed by atoms with E-state index in [4.69, 9.17) is 18.9 Å². The molecule has 8 rings (SSSR count). The Morgan fingerprint density at radius 3 is 1.21 bits per heavy atom. The Morgan fingerprint density at radius 2 is 0.833 bits per heavy atom. The maximum absolute atomic E-state index is 5.71. The molecule has 0 unspecified atom stereocenters. The van der Waals surface area contributed by atoms with Crippen molar-refractivity contribution in [1.82, 2.24) is 29.7 Å². The van der Waals surface area contributed by atoms with Gasteiger partial charge in [-0.3, -0.25) is 9.80 Å². The van der Waals surface area contributed by atoms with Gasteiger partial charge in [0.25, 0.3) is 0 Å². The lowest BCUT2D eigenvalue weighted by atomic mass is 10.1. The minimum Gasteiger partial charge on any atom is -0.486 e. The van der Waals surface area contributed by atoms with E-state index < -0.39 is 0 Å². The lowest BCUT2D eigenvalue weighted by Gasteiger charge is -2.38. The van der Waals surface area contributed by atoms with Gasteiger partial charge in [0.05, 0.1) is 0 Å². The first-order chi connectivity index (χ1) is 23.6. The highest BCUT2D eigenvalue weighted by Crippen LogP contribution is 2.35. The summed E-state index contributed by atoms with van der Waals surface area (Å²) in [6.45, 7) is 14.8. The van der Waals surface area contributed by atoms with Gasteiger partial charge < -0.3 is 28.7 Å². The zero-order valence-electron chi connectivity index (χ0n) is 27.8. The smallest absolute Gasteiger partial charge is 0.225 e. The van der Waals surface area contributed by atoms with Gasteiger partial charge in [0.2, 0.25) is 11.9 Å². The van der Waals surface area contributed by atoms with Gasteiger partial charge in [-0.25, -0.2) is 19.9 Å². The number of rotatable bonds is 6. The number of hydrogen-bond acceptors (Lipinski definition) is 12. The highest BCUT2D eigenvalue weighted by molar-refractivity contribution is 5.45. The Balaban J connectivity index is 0.000000152. The lowest BCUT2D eigenvalue weighted by Crippen LogP contribution is -2.47. The standard InChI is InChI=1S/2C18H22N4O2/c2*1-14(15-3-4-16-17(13-15)24-12-11-23-16)21-7-9-22(10-8-21)18-19-5-2-6-20-18/h2*2-6,13-14H,7-12H2,1H3/t2*14-/m10/s1. The summed E-state index contributed by atoms with van der Waals surface area (Å²) < 4.78 is 22.6. The summed E-state index contributed by atoms with van der Waals surface area (Å²) in [7, 11) is 0. The van der Waals surface area contributed by atoms with Gasteiger partial charge in [-0.15, -0.1) is 0 Å². The van der Waals surface area contributed by atoms with Crippen molar-refractivity contribution in [3.05, 3.63) is 84.4 Å². The number of nitrogens with zero attached hydrogens (tertiary/aromatic N) is 8. The molecule has 0 spiro atoms. The van der Waals surface area contributed by atoms with E-state index in [1.807, 2.05) is 24.3 Å². The molecule has 0 aliphatic carbocycles. The molecule has 2 aromatic heterocycles. The van der Waals surface area contributed by atoms with E-state index in [1.54, 1.807) is 24.8 Å². The van der Waals surface area contributed by atoms with Crippen LogP contribution < -0.4 is 28.7 Å². The first kappa shape index (κ1) is 31.9. The molecule has 0 N–H and O–H groups in total. The van der Waals surface area contributed by atoms with Crippen molar-refractivity contribution in [2.45, 2.75) is 25.9 Å². The van der Waals surface area contributed by atoms with Crippen molar-refractivity contribution in [3.63, 3.8) is 0 Å². The molecule has 4 aliphatic rings. The third-order valence-corrected chi connectivity index (χ3v) is 9.49. The fraction of sp³-hybridized carbons (Fsp3) is 0.444. The first-order valence-electron chi connectivity index (χ1n) is 16.9. The number of benzene rings is 2. The van der Waals surface area contributed by atoms with Crippen molar-refractivity contribution < 1.29 is 18.9 Å². The number of anilines is 2. The lowest BCUT2D eigenvalue weighted by molar-refractivity contribution is 0.169. The summed E-state index contributed by atoms with van der Waals surface area (Å²) >= 11 is 0. The number of piperazine rings is 2. The molecular weight excluding hydrogens is 608 g/mol. The molecule has 4 aliphatic heterocycles. The van der Waals surface area contributed by atoms with Crippen LogP contribution in [0.4, 0.5) is 11.9 Å². The van der Waals surface area contributed by atoms with Crippen molar-refractivity contribution >= 4 is 11.9 Å². The molecule has 2 saturated heterocycles. The monoisotopic (exact) mass is 652 g/mol. The quantitative estimate of drug-likeness (QED) is 0.298. The Bertz CT molecular complexity index is 1490. The first-order valence-corrected chi connectivity index (χ1v) is 16.9. The molecular formula is C36H44N8O4. The number of ether oxygens (including phenoxy) is 4. The van der Waals surface area contributed by atoms with Crippen LogP contribution in [0.15, 0.2) is 73.3 Å².